The summed E-state index contributed by atoms with van der Waals surface area (Å²) in [5, 5.41) is 0.232. The average molecular weight is 440 g/mol. The summed E-state index contributed by atoms with van der Waals surface area (Å²) in [7, 11) is 0. The number of carbonyl (C=O) groups is 2. The summed E-state index contributed by atoms with van der Waals surface area (Å²) in [5.74, 6) is -0.375. The highest BCUT2D eigenvalue weighted by Crippen LogP contribution is 2.38. The fourth-order valence-electron chi connectivity index (χ4n) is 2.61. The van der Waals surface area contributed by atoms with Crippen LogP contribution in [0.25, 0.3) is 6.08 Å². The Hall–Kier alpha value is -2.02. The highest BCUT2D eigenvalue weighted by Gasteiger charge is 2.36. The largest absolute Gasteiger partial charge is 0.486 e. The Labute approximate surface area is 176 Å². The monoisotopic (exact) mass is 439 g/mol. The summed E-state index contributed by atoms with van der Waals surface area (Å²) in [4.78, 5) is 25.9. The SMILES string of the molecule is CC(C)N1C(=O)S/C(=C\c2cc(Cl)c(OCc3ccc(F)cc3)c(Cl)c2)C1=O. The first-order chi connectivity index (χ1) is 13.3. The lowest BCUT2D eigenvalue weighted by atomic mass is 10.2. The Balaban J connectivity index is 1.79. The van der Waals surface area contributed by atoms with Crippen LogP contribution in [0, 0.1) is 5.82 Å². The summed E-state index contributed by atoms with van der Waals surface area (Å²) >= 11 is 13.5. The van der Waals surface area contributed by atoms with Crippen molar-refractivity contribution in [3.05, 3.63) is 68.3 Å². The van der Waals surface area contributed by atoms with E-state index in [1.54, 1.807) is 44.2 Å². The molecule has 1 fully saturated rings. The van der Waals surface area contributed by atoms with Gasteiger partial charge in [-0.05, 0) is 67.1 Å². The molecule has 0 unspecified atom stereocenters. The minimum absolute atomic E-state index is 0.173. The van der Waals surface area contributed by atoms with Crippen LogP contribution in [-0.4, -0.2) is 22.1 Å². The van der Waals surface area contributed by atoms with Crippen molar-refractivity contribution in [2.24, 2.45) is 0 Å². The fraction of sp³-hybridized carbons (Fsp3) is 0.200. The smallest absolute Gasteiger partial charge is 0.293 e. The van der Waals surface area contributed by atoms with Crippen LogP contribution in [0.1, 0.15) is 25.0 Å². The van der Waals surface area contributed by atoms with E-state index >= 15 is 0 Å². The lowest BCUT2D eigenvalue weighted by Crippen LogP contribution is -2.34. The molecule has 0 N–H and O–H groups in total. The van der Waals surface area contributed by atoms with Crippen molar-refractivity contribution in [3.8, 4) is 5.75 Å². The zero-order chi connectivity index (χ0) is 20.4. The van der Waals surface area contributed by atoms with E-state index in [-0.39, 0.29) is 39.7 Å². The van der Waals surface area contributed by atoms with Gasteiger partial charge >= 0.3 is 0 Å². The predicted molar refractivity (Wildman–Crippen MR) is 110 cm³/mol. The summed E-state index contributed by atoms with van der Waals surface area (Å²) in [6.07, 6.45) is 1.58. The van der Waals surface area contributed by atoms with E-state index in [4.69, 9.17) is 27.9 Å². The van der Waals surface area contributed by atoms with Crippen LogP contribution < -0.4 is 4.74 Å². The lowest BCUT2D eigenvalue weighted by molar-refractivity contribution is -0.123. The Kier molecular flexibility index (Phi) is 6.33. The van der Waals surface area contributed by atoms with E-state index in [9.17, 15) is 14.0 Å². The molecule has 1 saturated heterocycles. The normalized spacial score (nSPS) is 15.8. The summed E-state index contributed by atoms with van der Waals surface area (Å²) in [5.41, 5.74) is 1.35. The van der Waals surface area contributed by atoms with Crippen molar-refractivity contribution in [1.29, 1.82) is 0 Å². The Morgan fingerprint density at radius 1 is 1.14 bits per heavy atom. The van der Waals surface area contributed by atoms with Crippen LogP contribution in [0.2, 0.25) is 10.0 Å². The number of benzene rings is 2. The molecule has 1 heterocycles. The molecule has 0 aliphatic carbocycles. The quantitative estimate of drug-likeness (QED) is 0.523. The number of hydrogen-bond donors (Lipinski definition) is 0. The van der Waals surface area contributed by atoms with E-state index < -0.39 is 0 Å². The molecular weight excluding hydrogens is 424 g/mol. The van der Waals surface area contributed by atoms with Crippen LogP contribution in [0.3, 0.4) is 0 Å². The van der Waals surface area contributed by atoms with Gasteiger partial charge in [0.25, 0.3) is 11.1 Å². The molecule has 1 aliphatic heterocycles. The van der Waals surface area contributed by atoms with Gasteiger partial charge in [-0.15, -0.1) is 0 Å². The molecule has 4 nitrogen and oxygen atoms in total. The van der Waals surface area contributed by atoms with Crippen molar-refractivity contribution in [3.63, 3.8) is 0 Å². The Morgan fingerprint density at radius 2 is 1.75 bits per heavy atom. The third kappa shape index (κ3) is 4.51. The van der Waals surface area contributed by atoms with E-state index in [0.29, 0.717) is 16.2 Å². The van der Waals surface area contributed by atoms with Crippen molar-refractivity contribution in [2.75, 3.05) is 0 Å². The Morgan fingerprint density at radius 3 is 2.29 bits per heavy atom. The summed E-state index contributed by atoms with van der Waals surface area (Å²) < 4.78 is 18.6. The Bertz CT molecular complexity index is 937. The first-order valence-corrected chi connectivity index (χ1v) is 9.97. The van der Waals surface area contributed by atoms with E-state index in [2.05, 4.69) is 0 Å². The summed E-state index contributed by atoms with van der Waals surface area (Å²) in [6, 6.07) is 8.90. The lowest BCUT2D eigenvalue weighted by Gasteiger charge is -2.16. The number of halogens is 3. The topological polar surface area (TPSA) is 46.6 Å². The van der Waals surface area contributed by atoms with Crippen molar-refractivity contribution < 1.29 is 18.7 Å². The van der Waals surface area contributed by atoms with Gasteiger partial charge in [0.15, 0.2) is 5.75 Å². The highest BCUT2D eigenvalue weighted by atomic mass is 35.5. The minimum atomic E-state index is -0.339. The summed E-state index contributed by atoms with van der Waals surface area (Å²) in [6.45, 7) is 3.73. The van der Waals surface area contributed by atoms with Gasteiger partial charge < -0.3 is 4.74 Å². The van der Waals surface area contributed by atoms with Crippen LogP contribution in [0.4, 0.5) is 9.18 Å². The predicted octanol–water partition coefficient (Wildman–Crippen LogP) is 6.16. The second-order valence-electron chi connectivity index (χ2n) is 6.37. The molecule has 0 atom stereocenters. The molecular formula is C20H16Cl2FNO3S. The minimum Gasteiger partial charge on any atom is -0.486 e. The van der Waals surface area contributed by atoms with Crippen LogP contribution in [0.5, 0.6) is 5.75 Å². The number of amides is 2. The number of rotatable bonds is 5. The first-order valence-electron chi connectivity index (χ1n) is 8.39. The van der Waals surface area contributed by atoms with Crippen LogP contribution in [0.15, 0.2) is 41.3 Å². The van der Waals surface area contributed by atoms with Gasteiger partial charge in [0.05, 0.1) is 15.0 Å². The fourth-order valence-corrected chi connectivity index (χ4v) is 4.19. The van der Waals surface area contributed by atoms with Gasteiger partial charge in [-0.1, -0.05) is 35.3 Å². The zero-order valence-electron chi connectivity index (χ0n) is 15.0. The molecule has 0 saturated carbocycles. The third-order valence-electron chi connectivity index (χ3n) is 3.95. The number of ether oxygens (including phenoxy) is 1. The van der Waals surface area contributed by atoms with Gasteiger partial charge in [0, 0.05) is 6.04 Å². The maximum Gasteiger partial charge on any atom is 0.293 e. The molecule has 2 amide bonds. The first kappa shape index (κ1) is 20.7. The van der Waals surface area contributed by atoms with Gasteiger partial charge in [0.1, 0.15) is 12.4 Å². The van der Waals surface area contributed by atoms with Gasteiger partial charge in [-0.3, -0.25) is 14.5 Å². The van der Waals surface area contributed by atoms with Crippen LogP contribution >= 0.6 is 35.0 Å². The molecule has 2 aromatic carbocycles. The molecule has 8 heteroatoms. The third-order valence-corrected chi connectivity index (χ3v) is 5.40. The molecule has 28 heavy (non-hydrogen) atoms. The van der Waals surface area contributed by atoms with Gasteiger partial charge in [-0.2, -0.15) is 0 Å². The van der Waals surface area contributed by atoms with Crippen LogP contribution in [-0.2, 0) is 11.4 Å². The molecule has 1 aliphatic rings. The number of nitrogens with zero attached hydrogens (tertiary/aromatic N) is 1. The average Bonchev–Trinajstić information content (AvgIpc) is 2.89. The van der Waals surface area contributed by atoms with Crippen molar-refractivity contribution in [1.82, 2.24) is 4.90 Å². The second-order valence-corrected chi connectivity index (χ2v) is 8.18. The standard InChI is InChI=1S/C20H16Cl2FNO3S/c1-11(2)24-19(25)17(28-20(24)26)9-13-7-15(21)18(16(22)8-13)27-10-12-3-5-14(23)6-4-12/h3-9,11H,10H2,1-2H3/b17-9-. The highest BCUT2D eigenvalue weighted by molar-refractivity contribution is 8.18. The molecule has 0 spiro atoms. The molecule has 0 aromatic heterocycles. The number of hydrogen-bond acceptors (Lipinski definition) is 4. The van der Waals surface area contributed by atoms with Crippen molar-refractivity contribution in [2.45, 2.75) is 26.5 Å². The molecule has 3 rings (SSSR count). The number of imide groups is 1. The van der Waals surface area contributed by atoms with Gasteiger partial charge in [0.2, 0.25) is 0 Å². The molecule has 0 bridgehead atoms. The van der Waals surface area contributed by atoms with E-state index in [0.717, 1.165) is 17.3 Å². The van der Waals surface area contributed by atoms with Crippen molar-refractivity contribution >= 4 is 52.2 Å². The maximum atomic E-state index is 13.0. The van der Waals surface area contributed by atoms with E-state index in [1.165, 1.54) is 17.0 Å². The molecule has 2 aromatic rings. The molecule has 0 radical (unpaired) electrons. The number of carbonyl (C=O) groups excluding carboxylic acids is 2. The second kappa shape index (κ2) is 8.55. The van der Waals surface area contributed by atoms with E-state index in [1.807, 2.05) is 0 Å². The zero-order valence-corrected chi connectivity index (χ0v) is 17.4. The number of thioether (sulfide) groups is 1. The maximum absolute atomic E-state index is 13.0. The van der Waals surface area contributed by atoms with Gasteiger partial charge in [-0.25, -0.2) is 4.39 Å². The molecule has 146 valence electrons.